The molecule has 1 aromatic rings. The first-order valence-electron chi connectivity index (χ1n) is 7.45. The van der Waals surface area contributed by atoms with Crippen molar-refractivity contribution in [1.29, 1.82) is 0 Å². The standard InChI is InChI=1S/C15H23N3O2/c16-12-3-4-13(17-10-15(5-6-15)7-8-19)18-14(12)20-9-11-1-2-11/h3-4,11,19H,1-2,5-10,16H2,(H,17,18). The van der Waals surface area contributed by atoms with E-state index in [2.05, 4.69) is 10.3 Å². The van der Waals surface area contributed by atoms with Gasteiger partial charge in [0.15, 0.2) is 0 Å². The van der Waals surface area contributed by atoms with Crippen LogP contribution in [0.3, 0.4) is 0 Å². The zero-order valence-electron chi connectivity index (χ0n) is 11.8. The average Bonchev–Trinajstić information content (AvgIpc) is 3.33. The SMILES string of the molecule is Nc1ccc(NCC2(CCO)CC2)nc1OCC1CC1. The van der Waals surface area contributed by atoms with Gasteiger partial charge < -0.3 is 20.9 Å². The molecular formula is C15H23N3O2. The number of hydrogen-bond acceptors (Lipinski definition) is 5. The molecule has 5 heteroatoms. The van der Waals surface area contributed by atoms with Crippen LogP contribution in [0.2, 0.25) is 0 Å². The van der Waals surface area contributed by atoms with E-state index < -0.39 is 0 Å². The summed E-state index contributed by atoms with van der Waals surface area (Å²) in [5, 5.41) is 12.4. The number of aliphatic hydroxyl groups excluding tert-OH is 1. The van der Waals surface area contributed by atoms with Crippen molar-refractivity contribution in [2.75, 3.05) is 30.8 Å². The van der Waals surface area contributed by atoms with Crippen molar-refractivity contribution in [3.63, 3.8) is 0 Å². The second-order valence-electron chi connectivity index (χ2n) is 6.17. The van der Waals surface area contributed by atoms with E-state index in [1.54, 1.807) is 0 Å². The van der Waals surface area contributed by atoms with Crippen LogP contribution >= 0.6 is 0 Å². The van der Waals surface area contributed by atoms with E-state index in [0.29, 0.717) is 17.5 Å². The molecule has 0 bridgehead atoms. The molecule has 1 aromatic heterocycles. The third kappa shape index (κ3) is 3.33. The van der Waals surface area contributed by atoms with Crippen LogP contribution in [0.15, 0.2) is 12.1 Å². The van der Waals surface area contributed by atoms with E-state index in [1.165, 1.54) is 25.7 Å². The molecule has 0 spiro atoms. The minimum atomic E-state index is 0.257. The fourth-order valence-corrected chi connectivity index (χ4v) is 2.35. The molecule has 2 aliphatic carbocycles. The summed E-state index contributed by atoms with van der Waals surface area (Å²) in [6, 6.07) is 3.72. The Morgan fingerprint density at radius 2 is 2.20 bits per heavy atom. The van der Waals surface area contributed by atoms with Gasteiger partial charge in [0.2, 0.25) is 5.88 Å². The number of nitrogens with zero attached hydrogens (tertiary/aromatic N) is 1. The zero-order valence-corrected chi connectivity index (χ0v) is 11.8. The second kappa shape index (κ2) is 5.48. The number of nitrogens with one attached hydrogen (secondary N) is 1. The molecule has 2 saturated carbocycles. The van der Waals surface area contributed by atoms with Gasteiger partial charge >= 0.3 is 0 Å². The number of pyridine rings is 1. The Hall–Kier alpha value is -1.49. The van der Waals surface area contributed by atoms with Crippen LogP contribution in [0.1, 0.15) is 32.1 Å². The first kappa shape index (κ1) is 13.5. The predicted molar refractivity (Wildman–Crippen MR) is 78.7 cm³/mol. The number of anilines is 2. The predicted octanol–water partition coefficient (Wildman–Crippen LogP) is 2.03. The van der Waals surface area contributed by atoms with Crippen molar-refractivity contribution < 1.29 is 9.84 Å². The maximum Gasteiger partial charge on any atom is 0.239 e. The summed E-state index contributed by atoms with van der Waals surface area (Å²) in [5.74, 6) is 2.02. The lowest BCUT2D eigenvalue weighted by Crippen LogP contribution is -2.17. The van der Waals surface area contributed by atoms with Gasteiger partial charge in [-0.05, 0) is 55.6 Å². The molecule has 110 valence electrons. The van der Waals surface area contributed by atoms with E-state index in [-0.39, 0.29) is 12.0 Å². The Bertz CT molecular complexity index is 470. The topological polar surface area (TPSA) is 80.4 Å². The molecule has 5 nitrogen and oxygen atoms in total. The molecule has 20 heavy (non-hydrogen) atoms. The number of rotatable bonds is 8. The number of ether oxygens (including phenoxy) is 1. The molecule has 0 radical (unpaired) electrons. The highest BCUT2D eigenvalue weighted by Crippen LogP contribution is 2.48. The average molecular weight is 277 g/mol. The normalized spacial score (nSPS) is 19.6. The summed E-state index contributed by atoms with van der Waals surface area (Å²) in [5.41, 5.74) is 6.75. The summed E-state index contributed by atoms with van der Waals surface area (Å²) in [7, 11) is 0. The van der Waals surface area contributed by atoms with E-state index in [0.717, 1.165) is 25.4 Å². The Balaban J connectivity index is 1.56. The maximum atomic E-state index is 9.07. The molecule has 0 aliphatic heterocycles. The Morgan fingerprint density at radius 3 is 2.85 bits per heavy atom. The van der Waals surface area contributed by atoms with Crippen LogP contribution < -0.4 is 15.8 Å². The Labute approximate surface area is 119 Å². The molecule has 2 aliphatic rings. The number of aromatic nitrogens is 1. The smallest absolute Gasteiger partial charge is 0.239 e. The van der Waals surface area contributed by atoms with Crippen molar-refractivity contribution in [2.24, 2.45) is 11.3 Å². The van der Waals surface area contributed by atoms with Crippen LogP contribution in [0.5, 0.6) is 5.88 Å². The molecule has 0 atom stereocenters. The van der Waals surface area contributed by atoms with Crippen LogP contribution in [0, 0.1) is 11.3 Å². The second-order valence-corrected chi connectivity index (χ2v) is 6.17. The summed E-state index contributed by atoms with van der Waals surface area (Å²) >= 11 is 0. The van der Waals surface area contributed by atoms with Gasteiger partial charge in [0.05, 0.1) is 12.3 Å². The fourth-order valence-electron chi connectivity index (χ4n) is 2.35. The Morgan fingerprint density at radius 1 is 1.40 bits per heavy atom. The molecular weight excluding hydrogens is 254 g/mol. The molecule has 0 saturated heterocycles. The van der Waals surface area contributed by atoms with Gasteiger partial charge in [0, 0.05) is 13.2 Å². The molecule has 1 heterocycles. The van der Waals surface area contributed by atoms with Gasteiger partial charge in [-0.1, -0.05) is 0 Å². The number of hydrogen-bond donors (Lipinski definition) is 3. The highest BCUT2D eigenvalue weighted by molar-refractivity contribution is 5.53. The lowest BCUT2D eigenvalue weighted by atomic mass is 10.0. The van der Waals surface area contributed by atoms with Gasteiger partial charge in [0.1, 0.15) is 5.82 Å². The van der Waals surface area contributed by atoms with Gasteiger partial charge in [0.25, 0.3) is 0 Å². The van der Waals surface area contributed by atoms with E-state index in [4.69, 9.17) is 15.6 Å². The van der Waals surface area contributed by atoms with Gasteiger partial charge in [-0.2, -0.15) is 4.98 Å². The van der Waals surface area contributed by atoms with Crippen LogP contribution in [0.4, 0.5) is 11.5 Å². The van der Waals surface area contributed by atoms with E-state index >= 15 is 0 Å². The zero-order chi connectivity index (χ0) is 14.0. The highest BCUT2D eigenvalue weighted by Gasteiger charge is 2.41. The van der Waals surface area contributed by atoms with Gasteiger partial charge in [-0.15, -0.1) is 0 Å². The van der Waals surface area contributed by atoms with Crippen LogP contribution in [0.25, 0.3) is 0 Å². The minimum Gasteiger partial charge on any atom is -0.476 e. The Kier molecular flexibility index (Phi) is 3.70. The molecule has 0 unspecified atom stereocenters. The first-order valence-corrected chi connectivity index (χ1v) is 7.45. The number of nitrogens with two attached hydrogens (primary N) is 1. The van der Waals surface area contributed by atoms with E-state index in [1.807, 2.05) is 12.1 Å². The lowest BCUT2D eigenvalue weighted by molar-refractivity contribution is 0.253. The van der Waals surface area contributed by atoms with E-state index in [9.17, 15) is 0 Å². The largest absolute Gasteiger partial charge is 0.476 e. The molecule has 3 rings (SSSR count). The molecule has 4 N–H and O–H groups in total. The van der Waals surface area contributed by atoms with Crippen molar-refractivity contribution in [3.05, 3.63) is 12.1 Å². The summed E-state index contributed by atoms with van der Waals surface area (Å²) in [6.45, 7) is 1.83. The van der Waals surface area contributed by atoms with Crippen molar-refractivity contribution in [3.8, 4) is 5.88 Å². The third-order valence-corrected chi connectivity index (χ3v) is 4.29. The summed E-state index contributed by atoms with van der Waals surface area (Å²) in [4.78, 5) is 4.44. The van der Waals surface area contributed by atoms with Crippen LogP contribution in [-0.2, 0) is 0 Å². The first-order chi connectivity index (χ1) is 9.71. The quantitative estimate of drug-likeness (QED) is 0.677. The van der Waals surface area contributed by atoms with Crippen molar-refractivity contribution >= 4 is 11.5 Å². The lowest BCUT2D eigenvalue weighted by Gasteiger charge is -2.16. The van der Waals surface area contributed by atoms with Crippen molar-refractivity contribution in [1.82, 2.24) is 4.98 Å². The third-order valence-electron chi connectivity index (χ3n) is 4.29. The summed E-state index contributed by atoms with van der Waals surface area (Å²) < 4.78 is 5.68. The maximum absolute atomic E-state index is 9.07. The van der Waals surface area contributed by atoms with Gasteiger partial charge in [-0.3, -0.25) is 0 Å². The summed E-state index contributed by atoms with van der Waals surface area (Å²) in [6.07, 6.45) is 5.73. The monoisotopic (exact) mass is 277 g/mol. The van der Waals surface area contributed by atoms with Crippen LogP contribution in [-0.4, -0.2) is 29.8 Å². The van der Waals surface area contributed by atoms with Gasteiger partial charge in [-0.25, -0.2) is 0 Å². The number of nitrogen functional groups attached to an aromatic ring is 1. The molecule has 2 fully saturated rings. The number of aliphatic hydroxyl groups is 1. The fraction of sp³-hybridized carbons (Fsp3) is 0.667. The highest BCUT2D eigenvalue weighted by atomic mass is 16.5. The minimum absolute atomic E-state index is 0.257. The molecule has 0 amide bonds. The van der Waals surface area contributed by atoms with Crippen molar-refractivity contribution in [2.45, 2.75) is 32.1 Å². The molecule has 0 aromatic carbocycles.